The molecule has 0 amide bonds. The van der Waals surface area contributed by atoms with E-state index in [4.69, 9.17) is 0 Å². The molecular formula is C46H29N3. The van der Waals surface area contributed by atoms with E-state index in [1.807, 2.05) is 0 Å². The van der Waals surface area contributed by atoms with Crippen molar-refractivity contribution in [2.45, 2.75) is 0 Å². The molecule has 0 spiro atoms. The van der Waals surface area contributed by atoms with Gasteiger partial charge in [-0.25, -0.2) is 0 Å². The Kier molecular flexibility index (Phi) is 5.38. The van der Waals surface area contributed by atoms with Gasteiger partial charge >= 0.3 is 0 Å². The van der Waals surface area contributed by atoms with E-state index >= 15 is 0 Å². The van der Waals surface area contributed by atoms with Crippen LogP contribution in [0.1, 0.15) is 0 Å². The van der Waals surface area contributed by atoms with Crippen molar-refractivity contribution in [2.24, 2.45) is 0 Å². The van der Waals surface area contributed by atoms with Crippen LogP contribution in [-0.4, -0.2) is 13.7 Å². The number of fused-ring (bicyclic) bond motifs is 10. The molecule has 228 valence electrons. The summed E-state index contributed by atoms with van der Waals surface area (Å²) < 4.78 is 7.28. The monoisotopic (exact) mass is 623 g/mol. The molecule has 0 bridgehead atoms. The lowest BCUT2D eigenvalue weighted by atomic mass is 10.1. The molecule has 0 aliphatic rings. The standard InChI is InChI=1S/C46H29N3/c1-2-14-32(15-3-1)47-41-19-9-6-16-35(41)38-27-34(24-25-44(38)47)49-43-21-11-8-18-37(43)40-28-45-39(29-46(40)49)36-17-7-10-20-42(36)48(45)33-23-22-30-12-4-5-13-31(30)26-33/h1-29H. The zero-order chi connectivity index (χ0) is 32.1. The molecule has 0 aliphatic heterocycles. The Balaban J connectivity index is 1.22. The Morgan fingerprint density at radius 2 is 0.653 bits per heavy atom. The normalized spacial score (nSPS) is 12.1. The molecule has 0 fully saturated rings. The minimum absolute atomic E-state index is 1.16. The van der Waals surface area contributed by atoms with Crippen LogP contribution < -0.4 is 0 Å². The number of nitrogens with zero attached hydrogens (tertiary/aromatic N) is 3. The van der Waals surface area contributed by atoms with Gasteiger partial charge in [-0.15, -0.1) is 0 Å². The molecule has 8 aromatic carbocycles. The molecule has 0 saturated heterocycles. The van der Waals surface area contributed by atoms with Gasteiger partial charge in [0.1, 0.15) is 0 Å². The van der Waals surface area contributed by atoms with Gasteiger partial charge in [-0.1, -0.05) is 103 Å². The Morgan fingerprint density at radius 1 is 0.224 bits per heavy atom. The van der Waals surface area contributed by atoms with Crippen molar-refractivity contribution in [1.82, 2.24) is 13.7 Å². The highest BCUT2D eigenvalue weighted by Gasteiger charge is 2.20. The fraction of sp³-hybridized carbons (Fsp3) is 0. The van der Waals surface area contributed by atoms with Crippen molar-refractivity contribution < 1.29 is 0 Å². The SMILES string of the molecule is c1ccc(-n2c3ccccc3c3cc(-n4c5ccccc5c5cc6c(cc54)c4ccccc4n6-c4ccc5ccccc5c4)ccc32)cc1. The Morgan fingerprint density at radius 3 is 1.27 bits per heavy atom. The van der Waals surface area contributed by atoms with Crippen LogP contribution in [0.2, 0.25) is 0 Å². The van der Waals surface area contributed by atoms with Gasteiger partial charge in [0, 0.05) is 49.4 Å². The van der Waals surface area contributed by atoms with Crippen molar-refractivity contribution in [2.75, 3.05) is 0 Å². The van der Waals surface area contributed by atoms with E-state index in [1.54, 1.807) is 0 Å². The molecule has 11 rings (SSSR count). The molecule has 0 aliphatic carbocycles. The maximum atomic E-state index is 2.46. The number of hydrogen-bond acceptors (Lipinski definition) is 0. The maximum Gasteiger partial charge on any atom is 0.0548 e. The van der Waals surface area contributed by atoms with Crippen LogP contribution in [0.4, 0.5) is 0 Å². The molecule has 0 unspecified atom stereocenters. The summed E-state index contributed by atoms with van der Waals surface area (Å²) in [4.78, 5) is 0. The van der Waals surface area contributed by atoms with E-state index in [1.165, 1.54) is 87.6 Å². The molecule has 49 heavy (non-hydrogen) atoms. The van der Waals surface area contributed by atoms with Gasteiger partial charge in [0.2, 0.25) is 0 Å². The van der Waals surface area contributed by atoms with Crippen molar-refractivity contribution in [3.8, 4) is 17.1 Å². The summed E-state index contributed by atoms with van der Waals surface area (Å²) in [7, 11) is 0. The van der Waals surface area contributed by atoms with Crippen molar-refractivity contribution in [1.29, 1.82) is 0 Å². The molecule has 0 atom stereocenters. The lowest BCUT2D eigenvalue weighted by Crippen LogP contribution is -1.96. The smallest absolute Gasteiger partial charge is 0.0548 e. The molecule has 0 saturated carbocycles. The average molecular weight is 624 g/mol. The van der Waals surface area contributed by atoms with E-state index in [2.05, 4.69) is 190 Å². The first-order valence-electron chi connectivity index (χ1n) is 16.9. The predicted molar refractivity (Wildman–Crippen MR) is 207 cm³/mol. The van der Waals surface area contributed by atoms with Crippen LogP contribution in [0.15, 0.2) is 176 Å². The third-order valence-electron chi connectivity index (χ3n) is 10.4. The van der Waals surface area contributed by atoms with E-state index in [0.29, 0.717) is 0 Å². The third kappa shape index (κ3) is 3.73. The topological polar surface area (TPSA) is 14.8 Å². The summed E-state index contributed by atoms with van der Waals surface area (Å²) in [6, 6.07) is 64.3. The first kappa shape index (κ1) is 26.5. The summed E-state index contributed by atoms with van der Waals surface area (Å²) in [5.74, 6) is 0. The Hall–Kier alpha value is -6.58. The van der Waals surface area contributed by atoms with Crippen LogP contribution in [0.3, 0.4) is 0 Å². The zero-order valence-corrected chi connectivity index (χ0v) is 26.6. The van der Waals surface area contributed by atoms with Crippen molar-refractivity contribution in [3.05, 3.63) is 176 Å². The number of hydrogen-bond donors (Lipinski definition) is 0. The lowest BCUT2D eigenvalue weighted by molar-refractivity contribution is 1.16. The number of benzene rings is 8. The fourth-order valence-electron chi connectivity index (χ4n) is 8.26. The quantitative estimate of drug-likeness (QED) is 0.186. The van der Waals surface area contributed by atoms with Gasteiger partial charge in [-0.05, 0) is 83.6 Å². The number of aromatic nitrogens is 3. The zero-order valence-electron chi connectivity index (χ0n) is 26.6. The average Bonchev–Trinajstić information content (AvgIpc) is 3.79. The first-order chi connectivity index (χ1) is 24.3. The van der Waals surface area contributed by atoms with Crippen molar-refractivity contribution in [3.63, 3.8) is 0 Å². The molecule has 11 aromatic rings. The van der Waals surface area contributed by atoms with Gasteiger partial charge in [0.25, 0.3) is 0 Å². The lowest BCUT2D eigenvalue weighted by Gasteiger charge is -2.11. The van der Waals surface area contributed by atoms with Crippen molar-refractivity contribution >= 4 is 76.2 Å². The summed E-state index contributed by atoms with van der Waals surface area (Å²) in [6.45, 7) is 0. The van der Waals surface area contributed by atoms with E-state index in [-0.39, 0.29) is 0 Å². The number of rotatable bonds is 3. The summed E-state index contributed by atoms with van der Waals surface area (Å²) in [6.07, 6.45) is 0. The molecular weight excluding hydrogens is 595 g/mol. The minimum atomic E-state index is 1.16. The van der Waals surface area contributed by atoms with Gasteiger partial charge in [-0.2, -0.15) is 0 Å². The minimum Gasteiger partial charge on any atom is -0.309 e. The summed E-state index contributed by atoms with van der Waals surface area (Å²) >= 11 is 0. The highest BCUT2D eigenvalue weighted by Crippen LogP contribution is 2.41. The maximum absolute atomic E-state index is 2.46. The second kappa shape index (κ2) is 9.96. The molecule has 3 heteroatoms. The highest BCUT2D eigenvalue weighted by molar-refractivity contribution is 6.19. The van der Waals surface area contributed by atoms with E-state index in [9.17, 15) is 0 Å². The molecule has 3 heterocycles. The fourth-order valence-corrected chi connectivity index (χ4v) is 8.26. The van der Waals surface area contributed by atoms with E-state index in [0.717, 1.165) is 5.69 Å². The van der Waals surface area contributed by atoms with Gasteiger partial charge < -0.3 is 13.7 Å². The second-order valence-electron chi connectivity index (χ2n) is 13.0. The second-order valence-corrected chi connectivity index (χ2v) is 13.0. The predicted octanol–water partition coefficient (Wildman–Crippen LogP) is 12.1. The van der Waals surface area contributed by atoms with Crippen LogP contribution >= 0.6 is 0 Å². The molecule has 0 N–H and O–H groups in total. The molecule has 3 aromatic heterocycles. The van der Waals surface area contributed by atoms with Crippen LogP contribution in [0.25, 0.3) is 93.3 Å². The summed E-state index contributed by atoms with van der Waals surface area (Å²) in [5, 5.41) is 10.0. The number of para-hydroxylation sites is 4. The van der Waals surface area contributed by atoms with Gasteiger partial charge in [-0.3, -0.25) is 0 Å². The van der Waals surface area contributed by atoms with E-state index < -0.39 is 0 Å². The molecule has 3 nitrogen and oxygen atoms in total. The first-order valence-corrected chi connectivity index (χ1v) is 16.9. The van der Waals surface area contributed by atoms with Gasteiger partial charge in [0.05, 0.1) is 33.1 Å². The summed E-state index contributed by atoms with van der Waals surface area (Å²) in [5.41, 5.74) is 10.8. The Labute approximate surface area is 282 Å². The molecule has 0 radical (unpaired) electrons. The third-order valence-corrected chi connectivity index (χ3v) is 10.4. The largest absolute Gasteiger partial charge is 0.309 e. The highest BCUT2D eigenvalue weighted by atomic mass is 15.0. The van der Waals surface area contributed by atoms with Crippen LogP contribution in [-0.2, 0) is 0 Å². The van der Waals surface area contributed by atoms with Gasteiger partial charge in [0.15, 0.2) is 0 Å². The van der Waals surface area contributed by atoms with Crippen LogP contribution in [0.5, 0.6) is 0 Å². The van der Waals surface area contributed by atoms with Crippen LogP contribution in [0, 0.1) is 0 Å². The Bertz CT molecular complexity index is 3100.